The molecule has 1 rings (SSSR count). The van der Waals surface area contributed by atoms with Gasteiger partial charge < -0.3 is 9.30 Å². The van der Waals surface area contributed by atoms with Gasteiger partial charge in [0, 0.05) is 25.2 Å². The smallest absolute Gasteiger partial charge is 0.305 e. The molecule has 0 spiro atoms. The molecule has 15 heavy (non-hydrogen) atoms. The van der Waals surface area contributed by atoms with Gasteiger partial charge >= 0.3 is 5.97 Å². The predicted molar refractivity (Wildman–Crippen MR) is 56.6 cm³/mol. The zero-order valence-corrected chi connectivity index (χ0v) is 9.03. The molecule has 4 heteroatoms. The molecule has 0 aliphatic heterocycles. The summed E-state index contributed by atoms with van der Waals surface area (Å²) < 4.78 is 6.06. The second-order valence-electron chi connectivity index (χ2n) is 3.38. The van der Waals surface area contributed by atoms with Gasteiger partial charge in [0.25, 0.3) is 5.56 Å². The summed E-state index contributed by atoms with van der Waals surface area (Å²) in [4.78, 5) is 22.4. The molecule has 0 N–H and O–H groups in total. The molecular weight excluding hydrogens is 194 g/mol. The molecule has 0 atom stereocenters. The highest BCUT2D eigenvalue weighted by molar-refractivity contribution is 5.69. The highest BCUT2D eigenvalue weighted by Gasteiger charge is 2.03. The Hall–Kier alpha value is -1.58. The highest BCUT2D eigenvalue weighted by atomic mass is 16.5. The minimum Gasteiger partial charge on any atom is -0.469 e. The predicted octanol–water partition coefficient (Wildman–Crippen LogP) is 0.881. The van der Waals surface area contributed by atoms with E-state index >= 15 is 0 Å². The van der Waals surface area contributed by atoms with E-state index in [9.17, 15) is 9.59 Å². The van der Waals surface area contributed by atoms with Crippen molar-refractivity contribution in [1.29, 1.82) is 0 Å². The normalized spacial score (nSPS) is 10.0. The van der Waals surface area contributed by atoms with E-state index in [2.05, 4.69) is 4.74 Å². The number of methoxy groups -OCH3 is 1. The molecule has 0 aliphatic carbocycles. The van der Waals surface area contributed by atoms with Crippen molar-refractivity contribution < 1.29 is 9.53 Å². The molecule has 0 amide bonds. The maximum absolute atomic E-state index is 11.6. The van der Waals surface area contributed by atoms with Crippen LogP contribution in [0.25, 0.3) is 0 Å². The van der Waals surface area contributed by atoms with Crippen LogP contribution in [0.15, 0.2) is 23.1 Å². The third-order valence-corrected chi connectivity index (χ3v) is 2.26. The first-order valence-corrected chi connectivity index (χ1v) is 4.86. The first kappa shape index (κ1) is 11.5. The van der Waals surface area contributed by atoms with Crippen LogP contribution in [-0.4, -0.2) is 17.6 Å². The molecule has 1 aromatic heterocycles. The number of rotatable bonds is 4. The number of nitrogens with zero attached hydrogens (tertiary/aromatic N) is 1. The summed E-state index contributed by atoms with van der Waals surface area (Å²) in [5, 5.41) is 0. The molecule has 82 valence electrons. The van der Waals surface area contributed by atoms with Crippen molar-refractivity contribution in [2.24, 2.45) is 7.05 Å². The fourth-order valence-corrected chi connectivity index (χ4v) is 1.37. The van der Waals surface area contributed by atoms with E-state index in [0.29, 0.717) is 19.3 Å². The van der Waals surface area contributed by atoms with E-state index in [1.165, 1.54) is 11.7 Å². The Balaban J connectivity index is 2.55. The third-order valence-electron chi connectivity index (χ3n) is 2.26. The van der Waals surface area contributed by atoms with Crippen molar-refractivity contribution in [1.82, 2.24) is 4.57 Å². The van der Waals surface area contributed by atoms with Gasteiger partial charge in [-0.15, -0.1) is 0 Å². The Morgan fingerprint density at radius 2 is 2.27 bits per heavy atom. The maximum atomic E-state index is 11.6. The standard InChI is InChI=1S/C11H15NO3/c1-12-8-4-6-9(11(12)14)5-3-7-10(13)15-2/h4,6,8H,3,5,7H2,1-2H3. The number of carbonyl (C=O) groups is 1. The van der Waals surface area contributed by atoms with Crippen LogP contribution >= 0.6 is 0 Å². The molecule has 0 aromatic carbocycles. The van der Waals surface area contributed by atoms with Gasteiger partial charge in [0.2, 0.25) is 0 Å². The second kappa shape index (κ2) is 5.34. The molecule has 0 bridgehead atoms. The van der Waals surface area contributed by atoms with Crippen LogP contribution in [0, 0.1) is 0 Å². The van der Waals surface area contributed by atoms with Crippen molar-refractivity contribution in [2.45, 2.75) is 19.3 Å². The van der Waals surface area contributed by atoms with E-state index < -0.39 is 0 Å². The molecule has 1 aromatic rings. The lowest BCUT2D eigenvalue weighted by Gasteiger charge is -2.02. The Bertz CT molecular complexity index is 395. The summed E-state index contributed by atoms with van der Waals surface area (Å²) in [6, 6.07) is 3.62. The van der Waals surface area contributed by atoms with E-state index in [-0.39, 0.29) is 11.5 Å². The van der Waals surface area contributed by atoms with Crippen LogP contribution in [0.4, 0.5) is 0 Å². The number of hydrogen-bond acceptors (Lipinski definition) is 3. The van der Waals surface area contributed by atoms with Gasteiger partial charge in [0.1, 0.15) is 0 Å². The summed E-state index contributed by atoms with van der Waals surface area (Å²) in [6.07, 6.45) is 3.33. The summed E-state index contributed by atoms with van der Waals surface area (Å²) in [5.41, 5.74) is 0.742. The SMILES string of the molecule is COC(=O)CCCc1cccn(C)c1=O. The van der Waals surface area contributed by atoms with Crippen LogP contribution < -0.4 is 5.56 Å². The van der Waals surface area contributed by atoms with Crippen molar-refractivity contribution in [3.8, 4) is 0 Å². The lowest BCUT2D eigenvalue weighted by molar-refractivity contribution is -0.140. The van der Waals surface area contributed by atoms with Gasteiger partial charge in [-0.1, -0.05) is 6.07 Å². The molecule has 0 radical (unpaired) electrons. The largest absolute Gasteiger partial charge is 0.469 e. The Kier molecular flexibility index (Phi) is 4.09. The van der Waals surface area contributed by atoms with Crippen LogP contribution in [-0.2, 0) is 23.0 Å². The van der Waals surface area contributed by atoms with Gasteiger partial charge in [0.05, 0.1) is 7.11 Å². The average molecular weight is 209 g/mol. The van der Waals surface area contributed by atoms with Crippen molar-refractivity contribution >= 4 is 5.97 Å². The van der Waals surface area contributed by atoms with Crippen molar-refractivity contribution in [3.63, 3.8) is 0 Å². The molecule has 0 aliphatic rings. The zero-order valence-electron chi connectivity index (χ0n) is 9.03. The number of ether oxygens (including phenoxy) is 1. The molecular formula is C11H15NO3. The van der Waals surface area contributed by atoms with Gasteiger partial charge in [-0.25, -0.2) is 0 Å². The summed E-state index contributed by atoms with van der Waals surface area (Å²) in [7, 11) is 3.08. The minimum atomic E-state index is -0.234. The number of hydrogen-bond donors (Lipinski definition) is 0. The van der Waals surface area contributed by atoms with E-state index in [0.717, 1.165) is 5.56 Å². The van der Waals surface area contributed by atoms with Gasteiger partial charge in [-0.3, -0.25) is 9.59 Å². The van der Waals surface area contributed by atoms with E-state index in [1.54, 1.807) is 19.3 Å². The molecule has 0 unspecified atom stereocenters. The topological polar surface area (TPSA) is 48.3 Å². The second-order valence-corrected chi connectivity index (χ2v) is 3.38. The number of aromatic nitrogens is 1. The molecule has 0 saturated carbocycles. The summed E-state index contributed by atoms with van der Waals surface area (Å²) >= 11 is 0. The molecule has 0 fully saturated rings. The Labute approximate surface area is 88.5 Å². The van der Waals surface area contributed by atoms with Crippen molar-refractivity contribution in [3.05, 3.63) is 34.2 Å². The van der Waals surface area contributed by atoms with Crippen LogP contribution in [0.1, 0.15) is 18.4 Å². The molecule has 1 heterocycles. The van der Waals surface area contributed by atoms with Crippen molar-refractivity contribution in [2.75, 3.05) is 7.11 Å². The van der Waals surface area contributed by atoms with Crippen LogP contribution in [0.2, 0.25) is 0 Å². The zero-order chi connectivity index (χ0) is 11.3. The monoisotopic (exact) mass is 209 g/mol. The van der Waals surface area contributed by atoms with Gasteiger partial charge in [0.15, 0.2) is 0 Å². The Morgan fingerprint density at radius 3 is 2.93 bits per heavy atom. The summed E-state index contributed by atoms with van der Waals surface area (Å²) in [6.45, 7) is 0. The lowest BCUT2D eigenvalue weighted by atomic mass is 10.1. The highest BCUT2D eigenvalue weighted by Crippen LogP contribution is 2.00. The van der Waals surface area contributed by atoms with Gasteiger partial charge in [-0.05, 0) is 18.9 Å². The van der Waals surface area contributed by atoms with Crippen LogP contribution in [0.3, 0.4) is 0 Å². The molecule has 0 saturated heterocycles. The molecule has 4 nitrogen and oxygen atoms in total. The number of pyridine rings is 1. The first-order valence-electron chi connectivity index (χ1n) is 4.86. The quantitative estimate of drug-likeness (QED) is 0.692. The first-order chi connectivity index (χ1) is 7.15. The van der Waals surface area contributed by atoms with Gasteiger partial charge in [-0.2, -0.15) is 0 Å². The maximum Gasteiger partial charge on any atom is 0.305 e. The Morgan fingerprint density at radius 1 is 1.53 bits per heavy atom. The third kappa shape index (κ3) is 3.23. The number of carbonyl (C=O) groups excluding carboxylic acids is 1. The van der Waals surface area contributed by atoms with E-state index in [1.807, 2.05) is 6.07 Å². The lowest BCUT2D eigenvalue weighted by Crippen LogP contribution is -2.20. The van der Waals surface area contributed by atoms with E-state index in [4.69, 9.17) is 0 Å². The van der Waals surface area contributed by atoms with Crippen LogP contribution in [0.5, 0.6) is 0 Å². The fourth-order valence-electron chi connectivity index (χ4n) is 1.37. The number of aryl methyl sites for hydroxylation is 2. The minimum absolute atomic E-state index is 0.00219. The summed E-state index contributed by atoms with van der Waals surface area (Å²) in [5.74, 6) is -0.234. The average Bonchev–Trinajstić information content (AvgIpc) is 2.24. The fraction of sp³-hybridized carbons (Fsp3) is 0.455. The number of esters is 1.